The molecule has 0 aliphatic carbocycles. The molecule has 142 valence electrons. The van der Waals surface area contributed by atoms with E-state index in [1.165, 1.54) is 18.5 Å². The van der Waals surface area contributed by atoms with E-state index in [4.69, 9.17) is 9.47 Å². The van der Waals surface area contributed by atoms with Gasteiger partial charge >= 0.3 is 0 Å². The molecular weight excluding hydrogens is 354 g/mol. The zero-order valence-electron chi connectivity index (χ0n) is 15.5. The van der Waals surface area contributed by atoms with Gasteiger partial charge in [-0.15, -0.1) is 0 Å². The first-order chi connectivity index (χ1) is 13.7. The van der Waals surface area contributed by atoms with Crippen molar-refractivity contribution >= 4 is 17.7 Å². The summed E-state index contributed by atoms with van der Waals surface area (Å²) in [6.45, 7) is 2.69. The highest BCUT2D eigenvalue weighted by atomic mass is 16.7. The molecule has 0 aromatic heterocycles. The molecular formula is C22H21N3O3. The molecule has 0 unspecified atom stereocenters. The summed E-state index contributed by atoms with van der Waals surface area (Å²) in [7, 11) is 0. The summed E-state index contributed by atoms with van der Waals surface area (Å²) >= 11 is 0. The van der Waals surface area contributed by atoms with E-state index >= 15 is 0 Å². The molecule has 28 heavy (non-hydrogen) atoms. The first-order valence-electron chi connectivity index (χ1n) is 9.36. The highest BCUT2D eigenvalue weighted by molar-refractivity contribution is 6.01. The smallest absolute Gasteiger partial charge is 0.262 e. The van der Waals surface area contributed by atoms with Gasteiger partial charge in [-0.1, -0.05) is 18.2 Å². The number of carbonyl (C=O) groups excluding carboxylic acids is 1. The molecule has 1 fully saturated rings. The summed E-state index contributed by atoms with van der Waals surface area (Å²) in [6.07, 6.45) is 4.07. The summed E-state index contributed by atoms with van der Waals surface area (Å²) < 4.78 is 10.6. The van der Waals surface area contributed by atoms with Crippen molar-refractivity contribution in [3.8, 4) is 17.6 Å². The summed E-state index contributed by atoms with van der Waals surface area (Å²) in [5, 5.41) is 12.2. The van der Waals surface area contributed by atoms with E-state index in [2.05, 4.69) is 10.2 Å². The van der Waals surface area contributed by atoms with Crippen LogP contribution >= 0.6 is 0 Å². The molecule has 2 aliphatic rings. The number of carbonyl (C=O) groups is 1. The second kappa shape index (κ2) is 8.05. The third-order valence-electron chi connectivity index (χ3n) is 4.93. The molecule has 6 nitrogen and oxygen atoms in total. The summed E-state index contributed by atoms with van der Waals surface area (Å²) in [5.41, 5.74) is 2.97. The van der Waals surface area contributed by atoms with Crippen molar-refractivity contribution in [3.05, 3.63) is 59.2 Å². The Morgan fingerprint density at radius 2 is 1.86 bits per heavy atom. The molecule has 0 spiro atoms. The molecule has 1 saturated heterocycles. The number of anilines is 1. The van der Waals surface area contributed by atoms with E-state index in [-0.39, 0.29) is 12.4 Å². The number of hydrogen-bond acceptors (Lipinski definition) is 5. The molecule has 2 aliphatic heterocycles. The minimum atomic E-state index is -0.399. The van der Waals surface area contributed by atoms with Crippen molar-refractivity contribution in [1.29, 1.82) is 5.26 Å². The van der Waals surface area contributed by atoms with Crippen LogP contribution in [-0.4, -0.2) is 25.8 Å². The third kappa shape index (κ3) is 3.94. The molecule has 0 bridgehead atoms. The lowest BCUT2D eigenvalue weighted by molar-refractivity contribution is -0.117. The van der Waals surface area contributed by atoms with Crippen molar-refractivity contribution in [2.45, 2.75) is 19.4 Å². The van der Waals surface area contributed by atoms with Crippen LogP contribution in [0.25, 0.3) is 6.08 Å². The number of nitriles is 1. The van der Waals surface area contributed by atoms with Crippen LogP contribution in [0.5, 0.6) is 11.5 Å². The van der Waals surface area contributed by atoms with E-state index in [9.17, 15) is 10.1 Å². The van der Waals surface area contributed by atoms with Crippen LogP contribution in [-0.2, 0) is 11.3 Å². The lowest BCUT2D eigenvalue weighted by Crippen LogP contribution is -2.23. The van der Waals surface area contributed by atoms with Crippen molar-refractivity contribution in [1.82, 2.24) is 5.32 Å². The minimum Gasteiger partial charge on any atom is -0.454 e. The summed E-state index contributed by atoms with van der Waals surface area (Å²) in [4.78, 5) is 14.7. The maximum absolute atomic E-state index is 12.4. The Morgan fingerprint density at radius 3 is 2.61 bits per heavy atom. The number of ether oxygens (including phenoxy) is 2. The SMILES string of the molecule is N#C/C(=C\c1ccc(N2CCCC2)cc1)C(=O)NCc1ccc2c(c1)OCO2. The summed E-state index contributed by atoms with van der Waals surface area (Å²) in [5.74, 6) is 0.967. The number of amides is 1. The van der Waals surface area contributed by atoms with Gasteiger partial charge in [-0.05, 0) is 54.3 Å². The van der Waals surface area contributed by atoms with Gasteiger partial charge in [0.2, 0.25) is 6.79 Å². The average Bonchev–Trinajstić information content (AvgIpc) is 3.42. The van der Waals surface area contributed by atoms with Crippen LogP contribution in [0.2, 0.25) is 0 Å². The fourth-order valence-corrected chi connectivity index (χ4v) is 3.40. The number of benzene rings is 2. The van der Waals surface area contributed by atoms with Crippen LogP contribution in [0.3, 0.4) is 0 Å². The van der Waals surface area contributed by atoms with Gasteiger partial charge < -0.3 is 19.7 Å². The van der Waals surface area contributed by atoms with Gasteiger partial charge in [0.05, 0.1) is 0 Å². The number of nitrogens with one attached hydrogen (secondary N) is 1. The lowest BCUT2D eigenvalue weighted by Gasteiger charge is -2.17. The van der Waals surface area contributed by atoms with Gasteiger partial charge in [0.1, 0.15) is 11.6 Å². The minimum absolute atomic E-state index is 0.0784. The van der Waals surface area contributed by atoms with Gasteiger partial charge in [0.25, 0.3) is 5.91 Å². The van der Waals surface area contributed by atoms with E-state index in [1.54, 1.807) is 6.08 Å². The zero-order valence-corrected chi connectivity index (χ0v) is 15.5. The number of rotatable bonds is 5. The van der Waals surface area contributed by atoms with Crippen LogP contribution in [0.15, 0.2) is 48.0 Å². The maximum Gasteiger partial charge on any atom is 0.262 e. The van der Waals surface area contributed by atoms with Gasteiger partial charge in [-0.2, -0.15) is 5.26 Å². The quantitative estimate of drug-likeness (QED) is 0.641. The largest absolute Gasteiger partial charge is 0.454 e. The number of nitrogens with zero attached hydrogens (tertiary/aromatic N) is 2. The molecule has 2 aromatic carbocycles. The molecule has 1 amide bonds. The fourth-order valence-electron chi connectivity index (χ4n) is 3.40. The Hall–Kier alpha value is -3.46. The van der Waals surface area contributed by atoms with Crippen molar-refractivity contribution in [2.24, 2.45) is 0 Å². The van der Waals surface area contributed by atoms with Crippen molar-refractivity contribution in [3.63, 3.8) is 0 Å². The molecule has 1 N–H and O–H groups in total. The highest BCUT2D eigenvalue weighted by Gasteiger charge is 2.15. The Balaban J connectivity index is 1.39. The zero-order chi connectivity index (χ0) is 19.3. The first-order valence-corrected chi connectivity index (χ1v) is 9.36. The van der Waals surface area contributed by atoms with Gasteiger partial charge in [-0.25, -0.2) is 0 Å². The Morgan fingerprint density at radius 1 is 1.11 bits per heavy atom. The van der Waals surface area contributed by atoms with Crippen LogP contribution < -0.4 is 19.7 Å². The molecule has 6 heteroatoms. The van der Waals surface area contributed by atoms with Crippen LogP contribution in [0, 0.1) is 11.3 Å². The van der Waals surface area contributed by atoms with Gasteiger partial charge in [-0.3, -0.25) is 4.79 Å². The average molecular weight is 375 g/mol. The van der Waals surface area contributed by atoms with Crippen LogP contribution in [0.1, 0.15) is 24.0 Å². The van der Waals surface area contributed by atoms with Crippen molar-refractivity contribution < 1.29 is 14.3 Å². The Labute approximate surface area is 164 Å². The van der Waals surface area contributed by atoms with Gasteiger partial charge in [0, 0.05) is 25.3 Å². The predicted octanol–water partition coefficient (Wildman–Crippen LogP) is 3.24. The first kappa shape index (κ1) is 17.9. The Kier molecular flexibility index (Phi) is 5.16. The third-order valence-corrected chi connectivity index (χ3v) is 4.93. The maximum atomic E-state index is 12.4. The second-order valence-corrected chi connectivity index (χ2v) is 6.83. The lowest BCUT2D eigenvalue weighted by atomic mass is 10.1. The number of fused-ring (bicyclic) bond motifs is 1. The Bertz CT molecular complexity index is 938. The molecule has 0 radical (unpaired) electrons. The van der Waals surface area contributed by atoms with E-state index < -0.39 is 5.91 Å². The normalized spacial score (nSPS) is 15.4. The fraction of sp³-hybridized carbons (Fsp3) is 0.273. The molecule has 0 atom stereocenters. The summed E-state index contributed by atoms with van der Waals surface area (Å²) in [6, 6.07) is 15.5. The van der Waals surface area contributed by atoms with E-state index in [0.29, 0.717) is 18.0 Å². The molecule has 2 heterocycles. The molecule has 4 rings (SSSR count). The standard InChI is InChI=1S/C22H21N3O3/c23-13-18(11-16-3-6-19(7-4-16)25-9-1-2-10-25)22(26)24-14-17-5-8-20-21(12-17)28-15-27-20/h3-8,11-12H,1-2,9-10,14-15H2,(H,24,26)/b18-11+. The van der Waals surface area contributed by atoms with E-state index in [0.717, 1.165) is 24.2 Å². The predicted molar refractivity (Wildman–Crippen MR) is 106 cm³/mol. The monoisotopic (exact) mass is 375 g/mol. The second-order valence-electron chi connectivity index (χ2n) is 6.83. The molecule has 2 aromatic rings. The van der Waals surface area contributed by atoms with Gasteiger partial charge in [0.15, 0.2) is 11.5 Å². The molecule has 0 saturated carbocycles. The topological polar surface area (TPSA) is 74.6 Å². The van der Waals surface area contributed by atoms with Crippen LogP contribution in [0.4, 0.5) is 5.69 Å². The highest BCUT2D eigenvalue weighted by Crippen LogP contribution is 2.32. The van der Waals surface area contributed by atoms with E-state index in [1.807, 2.05) is 48.5 Å². The number of hydrogen-bond donors (Lipinski definition) is 1. The van der Waals surface area contributed by atoms with Crippen molar-refractivity contribution in [2.75, 3.05) is 24.8 Å².